The first-order valence-electron chi connectivity index (χ1n) is 8.69. The first-order chi connectivity index (χ1) is 13.2. The lowest BCUT2D eigenvalue weighted by Crippen LogP contribution is -2.23. The third-order valence-corrected chi connectivity index (χ3v) is 4.08. The van der Waals surface area contributed by atoms with Crippen LogP contribution in [0.5, 0.6) is 17.2 Å². The van der Waals surface area contributed by atoms with Crippen LogP contribution >= 0.6 is 0 Å². The number of benzene rings is 2. The second kappa shape index (κ2) is 8.65. The van der Waals surface area contributed by atoms with E-state index < -0.39 is 11.9 Å². The van der Waals surface area contributed by atoms with Gasteiger partial charge < -0.3 is 24.6 Å². The van der Waals surface area contributed by atoms with Crippen molar-refractivity contribution < 1.29 is 28.9 Å². The molecular weight excluding hydrogens is 362 g/mol. The zero-order chi connectivity index (χ0) is 20.9. The molecule has 0 aliphatic rings. The van der Waals surface area contributed by atoms with Crippen molar-refractivity contribution in [3.05, 3.63) is 47.5 Å². The molecular formula is C21H25NO6. The van der Waals surface area contributed by atoms with Crippen LogP contribution in [0.3, 0.4) is 0 Å². The third-order valence-electron chi connectivity index (χ3n) is 4.08. The van der Waals surface area contributed by atoms with Crippen molar-refractivity contribution in [2.75, 3.05) is 26.1 Å². The summed E-state index contributed by atoms with van der Waals surface area (Å²) in [5, 5.41) is 12.0. The predicted molar refractivity (Wildman–Crippen MR) is 106 cm³/mol. The van der Waals surface area contributed by atoms with Gasteiger partial charge in [0.15, 0.2) is 18.1 Å². The van der Waals surface area contributed by atoms with Crippen LogP contribution < -0.4 is 19.5 Å². The maximum absolute atomic E-state index is 12.4. The fourth-order valence-electron chi connectivity index (χ4n) is 2.70. The summed E-state index contributed by atoms with van der Waals surface area (Å²) in [5.74, 6) is -0.514. The Morgan fingerprint density at radius 3 is 2.18 bits per heavy atom. The lowest BCUT2D eigenvalue weighted by atomic mass is 9.86. The topological polar surface area (TPSA) is 94.1 Å². The molecule has 0 saturated carbocycles. The molecule has 0 aliphatic carbocycles. The lowest BCUT2D eigenvalue weighted by molar-refractivity contribution is -0.118. The highest BCUT2D eigenvalue weighted by Crippen LogP contribution is 2.34. The minimum atomic E-state index is -1.20. The van der Waals surface area contributed by atoms with Crippen LogP contribution in [0.15, 0.2) is 36.4 Å². The Morgan fingerprint density at radius 2 is 1.61 bits per heavy atom. The Kier molecular flexibility index (Phi) is 6.51. The van der Waals surface area contributed by atoms with Crippen LogP contribution in [0.1, 0.15) is 36.7 Å². The molecule has 0 unspecified atom stereocenters. The Labute approximate surface area is 164 Å². The standard InChI is InChI=1S/C21H25NO6/c1-21(2,3)14-8-6-7-9-16(14)28-12-19(23)22-15-11-18(27-5)17(26-4)10-13(15)20(24)25/h6-11H,12H2,1-5H3,(H,22,23)(H,24,25). The van der Waals surface area contributed by atoms with Gasteiger partial charge in [-0.2, -0.15) is 0 Å². The highest BCUT2D eigenvalue weighted by Gasteiger charge is 2.20. The number of hydrogen-bond acceptors (Lipinski definition) is 5. The van der Waals surface area contributed by atoms with Gasteiger partial charge in [-0.05, 0) is 17.0 Å². The van der Waals surface area contributed by atoms with Crippen molar-refractivity contribution in [2.45, 2.75) is 26.2 Å². The number of hydrogen-bond donors (Lipinski definition) is 2. The van der Waals surface area contributed by atoms with E-state index in [1.165, 1.54) is 26.4 Å². The average Bonchev–Trinajstić information content (AvgIpc) is 2.65. The van der Waals surface area contributed by atoms with E-state index in [0.717, 1.165) is 5.56 Å². The van der Waals surface area contributed by atoms with Crippen molar-refractivity contribution in [1.82, 2.24) is 0 Å². The number of aromatic carboxylic acids is 1. The molecule has 0 saturated heterocycles. The van der Waals surface area contributed by atoms with Crippen LogP contribution in [-0.4, -0.2) is 37.8 Å². The van der Waals surface area contributed by atoms with Gasteiger partial charge in [0.1, 0.15) is 5.75 Å². The van der Waals surface area contributed by atoms with E-state index in [9.17, 15) is 14.7 Å². The number of nitrogens with one attached hydrogen (secondary N) is 1. The summed E-state index contributed by atoms with van der Waals surface area (Å²) in [7, 11) is 2.83. The van der Waals surface area contributed by atoms with Gasteiger partial charge in [-0.3, -0.25) is 4.79 Å². The van der Waals surface area contributed by atoms with Crippen molar-refractivity contribution >= 4 is 17.6 Å². The molecule has 0 spiro atoms. The van der Waals surface area contributed by atoms with E-state index in [0.29, 0.717) is 11.5 Å². The fraction of sp³-hybridized carbons (Fsp3) is 0.333. The quantitative estimate of drug-likeness (QED) is 0.752. The van der Waals surface area contributed by atoms with E-state index in [-0.39, 0.29) is 29.0 Å². The molecule has 0 heterocycles. The van der Waals surface area contributed by atoms with Gasteiger partial charge in [-0.25, -0.2) is 4.79 Å². The molecule has 0 aliphatic heterocycles. The summed E-state index contributed by atoms with van der Waals surface area (Å²) in [4.78, 5) is 23.9. The van der Waals surface area contributed by atoms with Crippen LogP contribution in [0.4, 0.5) is 5.69 Å². The smallest absolute Gasteiger partial charge is 0.337 e. The van der Waals surface area contributed by atoms with Gasteiger partial charge >= 0.3 is 5.97 Å². The van der Waals surface area contributed by atoms with Crippen LogP contribution in [-0.2, 0) is 10.2 Å². The van der Waals surface area contributed by atoms with Gasteiger partial charge in [-0.1, -0.05) is 39.0 Å². The predicted octanol–water partition coefficient (Wildman–Crippen LogP) is 3.72. The minimum absolute atomic E-state index is 0.0999. The molecule has 0 fully saturated rings. The van der Waals surface area contributed by atoms with Gasteiger partial charge in [-0.15, -0.1) is 0 Å². The lowest BCUT2D eigenvalue weighted by Gasteiger charge is -2.22. The maximum Gasteiger partial charge on any atom is 0.337 e. The largest absolute Gasteiger partial charge is 0.493 e. The number of rotatable bonds is 7. The van der Waals surface area contributed by atoms with Crippen molar-refractivity contribution in [1.29, 1.82) is 0 Å². The SMILES string of the molecule is COc1cc(NC(=O)COc2ccccc2C(C)(C)C)c(C(=O)O)cc1OC. The van der Waals surface area contributed by atoms with Gasteiger partial charge in [0.25, 0.3) is 5.91 Å². The summed E-state index contributed by atoms with van der Waals surface area (Å²) in [6.07, 6.45) is 0. The first-order valence-corrected chi connectivity index (χ1v) is 8.69. The van der Waals surface area contributed by atoms with Crippen LogP contribution in [0, 0.1) is 0 Å². The molecule has 7 heteroatoms. The van der Waals surface area contributed by atoms with E-state index >= 15 is 0 Å². The number of carbonyl (C=O) groups excluding carboxylic acids is 1. The van der Waals surface area contributed by atoms with Gasteiger partial charge in [0, 0.05) is 12.1 Å². The molecule has 2 aromatic rings. The normalized spacial score (nSPS) is 10.9. The highest BCUT2D eigenvalue weighted by atomic mass is 16.5. The first kappa shape index (κ1) is 21.1. The molecule has 150 valence electrons. The van der Waals surface area contributed by atoms with Crippen LogP contribution in [0.2, 0.25) is 0 Å². The summed E-state index contributed by atoms with van der Waals surface area (Å²) in [6.45, 7) is 5.90. The number of anilines is 1. The molecule has 28 heavy (non-hydrogen) atoms. The summed E-state index contributed by atoms with van der Waals surface area (Å²) < 4.78 is 16.0. The number of carboxylic acids is 1. The zero-order valence-electron chi connectivity index (χ0n) is 16.7. The van der Waals surface area contributed by atoms with Crippen molar-refractivity contribution in [3.8, 4) is 17.2 Å². The number of ether oxygens (including phenoxy) is 3. The van der Waals surface area contributed by atoms with Gasteiger partial charge in [0.05, 0.1) is 25.5 Å². The molecule has 0 radical (unpaired) electrons. The second-order valence-electron chi connectivity index (χ2n) is 7.14. The molecule has 7 nitrogen and oxygen atoms in total. The molecule has 2 aromatic carbocycles. The Morgan fingerprint density at radius 1 is 1.00 bits per heavy atom. The summed E-state index contributed by atoms with van der Waals surface area (Å²) in [5.41, 5.74) is 0.816. The van der Waals surface area contributed by atoms with E-state index in [1.54, 1.807) is 6.07 Å². The van der Waals surface area contributed by atoms with Crippen LogP contribution in [0.25, 0.3) is 0 Å². The summed E-state index contributed by atoms with van der Waals surface area (Å²) in [6, 6.07) is 10.2. The summed E-state index contributed by atoms with van der Waals surface area (Å²) >= 11 is 0. The third kappa shape index (κ3) is 4.94. The Hall–Kier alpha value is -3.22. The van der Waals surface area contributed by atoms with E-state index in [1.807, 2.05) is 18.2 Å². The average molecular weight is 387 g/mol. The number of carboxylic acid groups (broad SMARTS) is 1. The number of methoxy groups -OCH3 is 2. The zero-order valence-corrected chi connectivity index (χ0v) is 16.7. The number of amides is 1. The molecule has 2 N–H and O–H groups in total. The Balaban J connectivity index is 2.19. The Bertz CT molecular complexity index is 870. The molecule has 0 aromatic heterocycles. The van der Waals surface area contributed by atoms with Crippen molar-refractivity contribution in [3.63, 3.8) is 0 Å². The minimum Gasteiger partial charge on any atom is -0.493 e. The fourth-order valence-corrected chi connectivity index (χ4v) is 2.70. The monoisotopic (exact) mass is 387 g/mol. The molecule has 0 atom stereocenters. The van der Waals surface area contributed by atoms with E-state index in [2.05, 4.69) is 26.1 Å². The number of carbonyl (C=O) groups is 2. The van der Waals surface area contributed by atoms with Gasteiger partial charge in [0.2, 0.25) is 0 Å². The highest BCUT2D eigenvalue weighted by molar-refractivity contribution is 6.01. The molecule has 1 amide bonds. The maximum atomic E-state index is 12.4. The van der Waals surface area contributed by atoms with Crippen molar-refractivity contribution in [2.24, 2.45) is 0 Å². The molecule has 2 rings (SSSR count). The molecule has 0 bridgehead atoms. The number of para-hydroxylation sites is 1. The van der Waals surface area contributed by atoms with E-state index in [4.69, 9.17) is 14.2 Å². The second-order valence-corrected chi connectivity index (χ2v) is 7.14.